The Bertz CT molecular complexity index is 1440. The van der Waals surface area contributed by atoms with E-state index in [-0.39, 0.29) is 22.3 Å². The second kappa shape index (κ2) is 8.42. The zero-order valence-electron chi connectivity index (χ0n) is 17.0. The number of thioether (sulfide) groups is 1. The van der Waals surface area contributed by atoms with Crippen molar-refractivity contribution in [3.8, 4) is 5.75 Å². The Morgan fingerprint density at radius 2 is 1.91 bits per heavy atom. The van der Waals surface area contributed by atoms with Gasteiger partial charge in [0.25, 0.3) is 11.5 Å². The first-order chi connectivity index (χ1) is 16.0. The summed E-state index contributed by atoms with van der Waals surface area (Å²) in [5, 5.41) is 21.7. The number of nitrogens with zero attached hydrogens (tertiary/aromatic N) is 2. The van der Waals surface area contributed by atoms with Crippen LogP contribution in [-0.4, -0.2) is 39.0 Å². The SMILES string of the molecule is [C-]#[N+]c1cc2c3c(c1)c(O)c(C(=O)NCC(=O)O)c(=O)n3C(c1ccc(C(F)(F)F)cc1)CS2. The van der Waals surface area contributed by atoms with E-state index in [0.717, 1.165) is 12.1 Å². The van der Waals surface area contributed by atoms with Gasteiger partial charge in [-0.3, -0.25) is 19.0 Å². The van der Waals surface area contributed by atoms with Gasteiger partial charge >= 0.3 is 12.1 Å². The highest BCUT2D eigenvalue weighted by atomic mass is 32.2. The summed E-state index contributed by atoms with van der Waals surface area (Å²) in [6, 6.07) is 6.27. The first kappa shape index (κ1) is 23.2. The molecule has 0 radical (unpaired) electrons. The summed E-state index contributed by atoms with van der Waals surface area (Å²) in [6.07, 6.45) is -4.54. The molecule has 0 fully saturated rings. The predicted octanol–water partition coefficient (Wildman–Crippen LogP) is 3.79. The minimum absolute atomic E-state index is 0.0210. The molecule has 0 bridgehead atoms. The molecule has 2 aromatic carbocycles. The monoisotopic (exact) mass is 489 g/mol. The van der Waals surface area contributed by atoms with E-state index in [1.807, 2.05) is 5.32 Å². The molecule has 1 aromatic heterocycles. The predicted molar refractivity (Wildman–Crippen MR) is 116 cm³/mol. The van der Waals surface area contributed by atoms with Crippen molar-refractivity contribution in [3.63, 3.8) is 0 Å². The molecule has 12 heteroatoms. The van der Waals surface area contributed by atoms with Crippen LogP contribution in [0.15, 0.2) is 46.1 Å². The van der Waals surface area contributed by atoms with Crippen molar-refractivity contribution < 1.29 is 33.0 Å². The summed E-state index contributed by atoms with van der Waals surface area (Å²) < 4.78 is 40.2. The third-order valence-electron chi connectivity index (χ3n) is 5.31. The van der Waals surface area contributed by atoms with E-state index in [1.54, 1.807) is 0 Å². The van der Waals surface area contributed by atoms with Gasteiger partial charge in [0.05, 0.1) is 23.7 Å². The van der Waals surface area contributed by atoms with E-state index in [9.17, 15) is 32.7 Å². The molecule has 0 saturated carbocycles. The highest BCUT2D eigenvalue weighted by Gasteiger charge is 2.33. The Hall–Kier alpha value is -3.98. The molecule has 0 spiro atoms. The van der Waals surface area contributed by atoms with Crippen molar-refractivity contribution in [2.24, 2.45) is 0 Å². The lowest BCUT2D eigenvalue weighted by Gasteiger charge is -2.29. The fourth-order valence-electron chi connectivity index (χ4n) is 3.78. The Balaban J connectivity index is 1.97. The first-order valence-electron chi connectivity index (χ1n) is 9.65. The van der Waals surface area contributed by atoms with Gasteiger partial charge in [-0.15, -0.1) is 11.8 Å². The number of hydrogen-bond donors (Lipinski definition) is 3. The topological polar surface area (TPSA) is 113 Å². The zero-order chi connectivity index (χ0) is 24.8. The number of hydrogen-bond acceptors (Lipinski definition) is 5. The average molecular weight is 489 g/mol. The molecule has 1 atom stereocenters. The van der Waals surface area contributed by atoms with E-state index in [4.69, 9.17) is 11.7 Å². The molecule has 1 unspecified atom stereocenters. The molecule has 1 amide bonds. The second-order valence-corrected chi connectivity index (χ2v) is 8.44. The number of carbonyl (C=O) groups is 2. The van der Waals surface area contributed by atoms with Gasteiger partial charge in [-0.05, 0) is 29.8 Å². The molecule has 0 saturated heterocycles. The molecule has 2 heterocycles. The molecular weight excluding hydrogens is 475 g/mol. The van der Waals surface area contributed by atoms with E-state index in [1.165, 1.54) is 40.6 Å². The van der Waals surface area contributed by atoms with Crippen molar-refractivity contribution in [2.45, 2.75) is 17.1 Å². The van der Waals surface area contributed by atoms with E-state index >= 15 is 0 Å². The van der Waals surface area contributed by atoms with Crippen LogP contribution in [-0.2, 0) is 11.0 Å². The van der Waals surface area contributed by atoms with Gasteiger partial charge in [0.15, 0.2) is 5.69 Å². The van der Waals surface area contributed by atoms with Crippen LogP contribution in [0.5, 0.6) is 5.75 Å². The number of rotatable bonds is 4. The number of carbonyl (C=O) groups excluding carboxylic acids is 1. The van der Waals surface area contributed by atoms with Crippen LogP contribution >= 0.6 is 11.8 Å². The summed E-state index contributed by atoms with van der Waals surface area (Å²) in [7, 11) is 0. The lowest BCUT2D eigenvalue weighted by atomic mass is 10.0. The van der Waals surface area contributed by atoms with Gasteiger partial charge in [0, 0.05) is 16.0 Å². The van der Waals surface area contributed by atoms with Crippen LogP contribution in [0.3, 0.4) is 0 Å². The van der Waals surface area contributed by atoms with Gasteiger partial charge < -0.3 is 15.5 Å². The number of benzene rings is 2. The number of carboxylic acid groups (broad SMARTS) is 1. The van der Waals surface area contributed by atoms with E-state index < -0.39 is 53.1 Å². The third-order valence-corrected chi connectivity index (χ3v) is 6.42. The lowest BCUT2D eigenvalue weighted by Crippen LogP contribution is -2.38. The molecule has 0 aliphatic carbocycles. The van der Waals surface area contributed by atoms with Crippen molar-refractivity contribution in [1.82, 2.24) is 9.88 Å². The van der Waals surface area contributed by atoms with E-state index in [2.05, 4.69) is 4.85 Å². The van der Waals surface area contributed by atoms with Crippen molar-refractivity contribution in [2.75, 3.05) is 12.3 Å². The Morgan fingerprint density at radius 3 is 2.50 bits per heavy atom. The number of aromatic nitrogens is 1. The molecule has 4 rings (SSSR count). The van der Waals surface area contributed by atoms with Crippen LogP contribution in [0.4, 0.5) is 18.9 Å². The second-order valence-electron chi connectivity index (χ2n) is 7.37. The number of amides is 1. The zero-order valence-corrected chi connectivity index (χ0v) is 17.8. The minimum Gasteiger partial charge on any atom is -0.506 e. The molecule has 174 valence electrons. The van der Waals surface area contributed by atoms with Crippen molar-refractivity contribution in [1.29, 1.82) is 0 Å². The lowest BCUT2D eigenvalue weighted by molar-refractivity contribution is -0.138. The number of pyridine rings is 1. The highest BCUT2D eigenvalue weighted by molar-refractivity contribution is 7.99. The minimum atomic E-state index is -4.54. The number of carboxylic acids is 1. The smallest absolute Gasteiger partial charge is 0.416 e. The normalized spacial score (nSPS) is 15.1. The fourth-order valence-corrected chi connectivity index (χ4v) is 5.01. The number of nitrogens with one attached hydrogen (secondary N) is 1. The van der Waals surface area contributed by atoms with Gasteiger partial charge in [-0.25, -0.2) is 4.85 Å². The molecule has 1 aliphatic rings. The fraction of sp³-hybridized carbons (Fsp3) is 0.182. The Kier molecular flexibility index (Phi) is 5.74. The van der Waals surface area contributed by atoms with Gasteiger partial charge in [-0.2, -0.15) is 13.2 Å². The molecule has 3 N–H and O–H groups in total. The summed E-state index contributed by atoms with van der Waals surface area (Å²) in [5.41, 5.74) is -1.78. The molecule has 8 nitrogen and oxygen atoms in total. The van der Waals surface area contributed by atoms with Crippen LogP contribution in [0, 0.1) is 6.57 Å². The number of aliphatic carboxylic acids is 1. The maximum atomic E-state index is 13.4. The summed E-state index contributed by atoms with van der Waals surface area (Å²) in [6.45, 7) is 6.50. The molecule has 1 aliphatic heterocycles. The maximum Gasteiger partial charge on any atom is 0.416 e. The summed E-state index contributed by atoms with van der Waals surface area (Å²) in [5.74, 6) is -3.00. The summed E-state index contributed by atoms with van der Waals surface area (Å²) in [4.78, 5) is 40.7. The van der Waals surface area contributed by atoms with Crippen LogP contribution < -0.4 is 10.9 Å². The summed E-state index contributed by atoms with van der Waals surface area (Å²) >= 11 is 1.25. The highest BCUT2D eigenvalue weighted by Crippen LogP contribution is 2.44. The quantitative estimate of drug-likeness (QED) is 0.481. The van der Waals surface area contributed by atoms with Crippen molar-refractivity contribution in [3.05, 3.63) is 74.9 Å². The molecule has 34 heavy (non-hydrogen) atoms. The Morgan fingerprint density at radius 1 is 1.24 bits per heavy atom. The standard InChI is InChI=1S/C22H14F3N3O5S/c1-26-12-6-13-18-15(7-12)34-9-14(10-2-4-11(5-3-10)22(23,24)25)28(18)21(33)17(19(13)31)20(32)27-8-16(29)30/h2-7,14,31H,8-9H2,(H,27,32)(H,29,30). The number of alkyl halides is 3. The third kappa shape index (κ3) is 3.94. The largest absolute Gasteiger partial charge is 0.506 e. The Labute approximate surface area is 193 Å². The van der Waals surface area contributed by atoms with Crippen molar-refractivity contribution >= 4 is 40.2 Å². The number of halogens is 3. The van der Waals surface area contributed by atoms with Crippen LogP contribution in [0.2, 0.25) is 0 Å². The maximum absolute atomic E-state index is 13.4. The van der Waals surface area contributed by atoms with Gasteiger partial charge in [-0.1, -0.05) is 12.1 Å². The first-order valence-corrected chi connectivity index (χ1v) is 10.6. The number of aromatic hydroxyl groups is 1. The van der Waals surface area contributed by atoms with Crippen LogP contribution in [0.1, 0.15) is 27.5 Å². The van der Waals surface area contributed by atoms with Gasteiger partial charge in [0.2, 0.25) is 0 Å². The van der Waals surface area contributed by atoms with Gasteiger partial charge in [0.1, 0.15) is 17.9 Å². The molecular formula is C22H14F3N3O5S. The molecule has 3 aromatic rings. The van der Waals surface area contributed by atoms with E-state index in [0.29, 0.717) is 10.5 Å². The van der Waals surface area contributed by atoms with Crippen LogP contribution in [0.25, 0.3) is 15.7 Å². The average Bonchev–Trinajstić information content (AvgIpc) is 2.80.